The van der Waals surface area contributed by atoms with Crippen LogP contribution >= 0.6 is 7.80 Å². The summed E-state index contributed by atoms with van der Waals surface area (Å²) in [4.78, 5) is 12.5. The Hall–Kier alpha value is -1.86. The number of hydrogen-bond donors (Lipinski definition) is 0. The summed E-state index contributed by atoms with van der Waals surface area (Å²) in [5.74, 6) is 0.496. The van der Waals surface area contributed by atoms with Gasteiger partial charge in [-0.05, 0) is 37.1 Å². The Balaban J connectivity index is 2.46. The van der Waals surface area contributed by atoms with Crippen molar-refractivity contribution in [1.29, 1.82) is 0 Å². The Morgan fingerprint density at radius 3 is 2.20 bits per heavy atom. The summed E-state index contributed by atoms with van der Waals surface area (Å²) in [5, 5.41) is 0.479. The first-order chi connectivity index (χ1) is 9.56. The average molecular weight is 288 g/mol. The maximum atomic E-state index is 12.6. The van der Waals surface area contributed by atoms with Crippen molar-refractivity contribution in [3.8, 4) is 5.75 Å². The summed E-state index contributed by atoms with van der Waals surface area (Å²) in [7, 11) is -1.09. The van der Waals surface area contributed by atoms with Crippen LogP contribution in [0.1, 0.15) is 21.5 Å². The summed E-state index contributed by atoms with van der Waals surface area (Å²) in [6, 6.07) is 12.6. The van der Waals surface area contributed by atoms with Crippen LogP contribution in [0.15, 0.2) is 42.5 Å². The second-order valence-electron chi connectivity index (χ2n) is 4.63. The molecular weight excluding hydrogens is 271 g/mol. The van der Waals surface area contributed by atoms with Gasteiger partial charge in [0.2, 0.25) is 5.52 Å². The third-order valence-corrected chi connectivity index (χ3v) is 4.83. The van der Waals surface area contributed by atoms with E-state index < -0.39 is 7.80 Å². The van der Waals surface area contributed by atoms with Crippen LogP contribution in [0.5, 0.6) is 5.75 Å². The lowest BCUT2D eigenvalue weighted by atomic mass is 10.0. The number of methoxy groups -OCH3 is 1. The molecule has 0 heterocycles. The van der Waals surface area contributed by atoms with Gasteiger partial charge in [-0.25, -0.2) is 0 Å². The van der Waals surface area contributed by atoms with Gasteiger partial charge >= 0.3 is 0 Å². The van der Waals surface area contributed by atoms with Crippen molar-refractivity contribution in [3.63, 3.8) is 0 Å². The van der Waals surface area contributed by atoms with Crippen LogP contribution in [0.25, 0.3) is 0 Å². The molecule has 3 nitrogen and oxygen atoms in total. The van der Waals surface area contributed by atoms with Crippen molar-refractivity contribution in [1.82, 2.24) is 0 Å². The highest BCUT2D eigenvalue weighted by Gasteiger charge is 2.22. The number of ether oxygens (including phenoxy) is 1. The van der Waals surface area contributed by atoms with Crippen LogP contribution in [0.2, 0.25) is 0 Å². The van der Waals surface area contributed by atoms with E-state index in [1.54, 1.807) is 24.3 Å². The Morgan fingerprint density at radius 2 is 1.60 bits per heavy atom. The number of aryl methyl sites for hydroxylation is 2. The minimum atomic E-state index is -2.60. The van der Waals surface area contributed by atoms with E-state index in [-0.39, 0.29) is 5.52 Å². The number of hydrogen-bond acceptors (Lipinski definition) is 3. The van der Waals surface area contributed by atoms with Crippen LogP contribution in [0.4, 0.5) is 0 Å². The first-order valence-corrected chi connectivity index (χ1v) is 7.75. The van der Waals surface area contributed by atoms with Gasteiger partial charge in [0.15, 0.2) is 7.80 Å². The first kappa shape index (κ1) is 14.5. The van der Waals surface area contributed by atoms with Gasteiger partial charge in [0.25, 0.3) is 0 Å². The lowest BCUT2D eigenvalue weighted by Gasteiger charge is -2.11. The van der Waals surface area contributed by atoms with Crippen molar-refractivity contribution >= 4 is 18.6 Å². The Kier molecular flexibility index (Phi) is 4.41. The van der Waals surface area contributed by atoms with Crippen LogP contribution < -0.4 is 10.0 Å². The predicted molar refractivity (Wildman–Crippen MR) is 81.9 cm³/mol. The molecule has 2 aromatic rings. The highest BCUT2D eigenvalue weighted by Crippen LogP contribution is 2.32. The van der Waals surface area contributed by atoms with E-state index in [0.717, 1.165) is 11.1 Å². The fraction of sp³-hybridized carbons (Fsp3) is 0.188. The predicted octanol–water partition coefficient (Wildman–Crippen LogP) is 3.34. The largest absolute Gasteiger partial charge is 0.496 e. The van der Waals surface area contributed by atoms with E-state index in [4.69, 9.17) is 4.74 Å². The number of rotatable bonds is 4. The summed E-state index contributed by atoms with van der Waals surface area (Å²) < 4.78 is 17.8. The van der Waals surface area contributed by atoms with Gasteiger partial charge in [-0.3, -0.25) is 4.79 Å². The normalized spacial score (nSPS) is 11.9. The molecule has 0 N–H and O–H groups in total. The van der Waals surface area contributed by atoms with E-state index in [9.17, 15) is 9.36 Å². The van der Waals surface area contributed by atoms with Gasteiger partial charge in [0.05, 0.1) is 12.4 Å². The molecule has 0 fully saturated rings. The van der Waals surface area contributed by atoms with E-state index in [0.29, 0.717) is 16.6 Å². The molecule has 0 aliphatic rings. The lowest BCUT2D eigenvalue weighted by molar-refractivity contribution is 0.107. The minimum Gasteiger partial charge on any atom is -0.496 e. The van der Waals surface area contributed by atoms with Gasteiger partial charge < -0.3 is 9.30 Å². The molecule has 4 heteroatoms. The number of carbonyl (C=O) groups excluding carboxylic acids is 1. The fourth-order valence-corrected chi connectivity index (χ4v) is 3.76. The Morgan fingerprint density at radius 1 is 1.00 bits per heavy atom. The van der Waals surface area contributed by atoms with Gasteiger partial charge in [0, 0.05) is 5.56 Å². The van der Waals surface area contributed by atoms with Gasteiger partial charge in [-0.1, -0.05) is 30.3 Å². The van der Waals surface area contributed by atoms with Crippen LogP contribution in [0.3, 0.4) is 0 Å². The van der Waals surface area contributed by atoms with E-state index in [1.165, 1.54) is 7.11 Å². The van der Waals surface area contributed by atoms with Crippen molar-refractivity contribution in [2.75, 3.05) is 7.11 Å². The van der Waals surface area contributed by atoms with Crippen LogP contribution in [-0.2, 0) is 4.57 Å². The maximum absolute atomic E-state index is 12.6. The van der Waals surface area contributed by atoms with Crippen molar-refractivity contribution in [2.24, 2.45) is 0 Å². The molecule has 0 radical (unpaired) electrons. The topological polar surface area (TPSA) is 43.4 Å². The van der Waals surface area contributed by atoms with Gasteiger partial charge in [-0.15, -0.1) is 0 Å². The number of para-hydroxylation sites is 1. The fourth-order valence-electron chi connectivity index (χ4n) is 2.24. The van der Waals surface area contributed by atoms with Crippen molar-refractivity contribution in [3.05, 3.63) is 59.2 Å². The summed E-state index contributed by atoms with van der Waals surface area (Å²) in [6.07, 6.45) is 0. The molecule has 0 aromatic heterocycles. The van der Waals surface area contributed by atoms with E-state index >= 15 is 0 Å². The Bertz CT molecular complexity index is 657. The van der Waals surface area contributed by atoms with E-state index in [2.05, 4.69) is 0 Å². The quantitative estimate of drug-likeness (QED) is 0.810. The number of carbonyl (C=O) groups is 1. The average Bonchev–Trinajstić information content (AvgIpc) is 2.46. The van der Waals surface area contributed by atoms with Crippen LogP contribution in [-0.4, -0.2) is 12.6 Å². The standard InChI is InChI=1S/C16H17O3P/c1-11-7-6-8-12(2)15(11)16(17)20(18)14-10-5-4-9-13(14)19-3/h4-10,20H,1-3H3. The van der Waals surface area contributed by atoms with Gasteiger partial charge in [0.1, 0.15) is 5.75 Å². The lowest BCUT2D eigenvalue weighted by Crippen LogP contribution is -2.09. The van der Waals surface area contributed by atoms with Gasteiger partial charge in [-0.2, -0.15) is 0 Å². The third-order valence-electron chi connectivity index (χ3n) is 3.27. The maximum Gasteiger partial charge on any atom is 0.223 e. The molecule has 20 heavy (non-hydrogen) atoms. The molecule has 0 aliphatic carbocycles. The molecule has 0 spiro atoms. The van der Waals surface area contributed by atoms with Crippen molar-refractivity contribution < 1.29 is 14.1 Å². The molecule has 1 atom stereocenters. The Labute approximate surface area is 119 Å². The molecule has 0 aliphatic heterocycles. The molecule has 2 aromatic carbocycles. The molecular formula is C16H17O3P. The SMILES string of the molecule is COc1ccccc1[PH](=O)C(=O)c1c(C)cccc1C. The smallest absolute Gasteiger partial charge is 0.223 e. The molecule has 104 valence electrons. The summed E-state index contributed by atoms with van der Waals surface area (Å²) >= 11 is 0. The van der Waals surface area contributed by atoms with E-state index in [1.807, 2.05) is 32.0 Å². The highest BCUT2D eigenvalue weighted by molar-refractivity contribution is 7.71. The second kappa shape index (κ2) is 6.06. The number of benzene rings is 2. The zero-order chi connectivity index (χ0) is 14.7. The molecule has 0 amide bonds. The zero-order valence-electron chi connectivity index (χ0n) is 11.8. The monoisotopic (exact) mass is 288 g/mol. The minimum absolute atomic E-state index is 0.310. The second-order valence-corrected chi connectivity index (χ2v) is 6.28. The van der Waals surface area contributed by atoms with Crippen LogP contribution in [0, 0.1) is 13.8 Å². The first-order valence-electron chi connectivity index (χ1n) is 6.34. The molecule has 0 bridgehead atoms. The summed E-state index contributed by atoms with van der Waals surface area (Å²) in [5.41, 5.74) is 1.95. The molecule has 1 unspecified atom stereocenters. The van der Waals surface area contributed by atoms with Crippen molar-refractivity contribution in [2.45, 2.75) is 13.8 Å². The molecule has 0 saturated heterocycles. The molecule has 2 rings (SSSR count). The highest BCUT2D eigenvalue weighted by atomic mass is 31.1. The zero-order valence-corrected chi connectivity index (χ0v) is 12.8. The summed E-state index contributed by atoms with van der Waals surface area (Å²) in [6.45, 7) is 3.72. The molecule has 0 saturated carbocycles. The third kappa shape index (κ3) is 2.68.